The van der Waals surface area contributed by atoms with Crippen molar-refractivity contribution in [2.45, 2.75) is 40.0 Å². The molecule has 0 fully saturated rings. The van der Waals surface area contributed by atoms with Crippen molar-refractivity contribution in [1.29, 1.82) is 0 Å². The number of hydrogen-bond donors (Lipinski definition) is 0. The van der Waals surface area contributed by atoms with E-state index in [1.165, 1.54) is 12.2 Å². The number of carbonyl (C=O) groups is 5. The number of hydrogen-bond acceptors (Lipinski definition) is 10. The molecule has 10 nitrogen and oxygen atoms in total. The standard InChI is InChI=1S/C15H20O6.C7H10O2.C7H12O2/c1-5-12(16)19-9-15(8-4,10-20-13(17)6-2)11-21-14(18)7-3;1-4-5-9-7(8)6(2)3;1-3-5-6-9-7(8)4-2/h5-7H,1-3,8-11H2,4H3;4H,1-2,5H2,3H3;4H,2-3,5-6H2,1H3. The van der Waals surface area contributed by atoms with Crippen molar-refractivity contribution in [3.8, 4) is 0 Å². The predicted octanol–water partition coefficient (Wildman–Crippen LogP) is 4.38. The summed E-state index contributed by atoms with van der Waals surface area (Å²) in [4.78, 5) is 54.4. The van der Waals surface area contributed by atoms with E-state index in [0.29, 0.717) is 18.6 Å². The van der Waals surface area contributed by atoms with Crippen LogP contribution >= 0.6 is 0 Å². The molecule has 0 aromatic rings. The van der Waals surface area contributed by atoms with E-state index >= 15 is 0 Å². The van der Waals surface area contributed by atoms with Gasteiger partial charge in [-0.2, -0.15) is 0 Å². The van der Waals surface area contributed by atoms with E-state index in [-0.39, 0.29) is 38.4 Å². The van der Waals surface area contributed by atoms with Gasteiger partial charge in [0, 0.05) is 29.9 Å². The van der Waals surface area contributed by atoms with Crippen LogP contribution in [0, 0.1) is 5.41 Å². The van der Waals surface area contributed by atoms with Crippen LogP contribution in [0.1, 0.15) is 40.0 Å². The molecule has 0 saturated carbocycles. The number of unbranched alkanes of at least 4 members (excludes halogenated alkanes) is 1. The summed E-state index contributed by atoms with van der Waals surface area (Å²) in [6.45, 7) is 25.9. The van der Waals surface area contributed by atoms with E-state index in [9.17, 15) is 24.0 Å². The second-order valence-corrected chi connectivity index (χ2v) is 7.68. The third kappa shape index (κ3) is 23.9. The number of ether oxygens (including phenoxy) is 5. The van der Waals surface area contributed by atoms with E-state index in [1.54, 1.807) is 13.8 Å². The molecule has 0 aliphatic rings. The van der Waals surface area contributed by atoms with Gasteiger partial charge in [0.25, 0.3) is 0 Å². The quantitative estimate of drug-likeness (QED) is 0.0845. The molecule has 0 saturated heterocycles. The summed E-state index contributed by atoms with van der Waals surface area (Å²) in [5.41, 5.74) is -0.424. The topological polar surface area (TPSA) is 132 Å². The van der Waals surface area contributed by atoms with Crippen molar-refractivity contribution in [3.05, 3.63) is 75.4 Å². The van der Waals surface area contributed by atoms with Crippen LogP contribution in [0.2, 0.25) is 0 Å². The third-order valence-electron chi connectivity index (χ3n) is 4.40. The molecule has 0 rings (SSSR count). The van der Waals surface area contributed by atoms with Gasteiger partial charge in [-0.15, -0.1) is 0 Å². The molecule has 0 radical (unpaired) electrons. The molecule has 10 heteroatoms. The van der Waals surface area contributed by atoms with Gasteiger partial charge < -0.3 is 23.7 Å². The van der Waals surface area contributed by atoms with Crippen molar-refractivity contribution in [2.75, 3.05) is 33.0 Å². The average Bonchev–Trinajstić information content (AvgIpc) is 2.95. The van der Waals surface area contributed by atoms with E-state index in [4.69, 9.17) is 14.2 Å². The Kier molecular flexibility index (Phi) is 25.6. The molecule has 0 aromatic heterocycles. The van der Waals surface area contributed by atoms with Crippen LogP contribution in [0.25, 0.3) is 0 Å². The molecular weight excluding hydrogens is 508 g/mol. The minimum Gasteiger partial charge on any atom is -0.463 e. The van der Waals surface area contributed by atoms with E-state index in [0.717, 1.165) is 31.1 Å². The molecule has 0 aliphatic carbocycles. The first kappa shape index (κ1) is 39.3. The average molecular weight is 551 g/mol. The van der Waals surface area contributed by atoms with Gasteiger partial charge in [-0.25, -0.2) is 24.0 Å². The second-order valence-electron chi connectivity index (χ2n) is 7.68. The predicted molar refractivity (Wildman–Crippen MR) is 148 cm³/mol. The van der Waals surface area contributed by atoms with Crippen LogP contribution in [-0.2, 0) is 47.7 Å². The lowest BCUT2D eigenvalue weighted by Gasteiger charge is -2.30. The number of carbonyl (C=O) groups excluding carboxylic acids is 5. The molecular formula is C29H42O10. The van der Waals surface area contributed by atoms with Gasteiger partial charge in [0.05, 0.1) is 12.0 Å². The maximum absolute atomic E-state index is 11.2. The van der Waals surface area contributed by atoms with Crippen molar-refractivity contribution < 1.29 is 47.7 Å². The van der Waals surface area contributed by atoms with Gasteiger partial charge in [-0.1, -0.05) is 65.8 Å². The van der Waals surface area contributed by atoms with Crippen LogP contribution in [0.3, 0.4) is 0 Å². The largest absolute Gasteiger partial charge is 0.463 e. The minimum atomic E-state index is -0.837. The summed E-state index contributed by atoms with van der Waals surface area (Å²) < 4.78 is 24.2. The Labute approximate surface area is 231 Å². The molecule has 218 valence electrons. The maximum Gasteiger partial charge on any atom is 0.333 e. The summed E-state index contributed by atoms with van der Waals surface area (Å²) in [5, 5.41) is 0. The van der Waals surface area contributed by atoms with Crippen molar-refractivity contribution in [1.82, 2.24) is 0 Å². The van der Waals surface area contributed by atoms with Crippen LogP contribution < -0.4 is 0 Å². The molecule has 0 unspecified atom stereocenters. The fourth-order valence-corrected chi connectivity index (χ4v) is 1.91. The Morgan fingerprint density at radius 1 is 0.667 bits per heavy atom. The Morgan fingerprint density at radius 2 is 1.05 bits per heavy atom. The van der Waals surface area contributed by atoms with E-state index in [1.807, 2.05) is 6.92 Å². The number of rotatable bonds is 17. The SMILES string of the molecule is C=CC(=O)OCC(CC)(COC(=O)C=C)COC(=O)C=C.C=CC(=O)OCCCC.C=CCOC(=O)C(=C)C. The first-order chi connectivity index (χ1) is 18.4. The first-order valence-electron chi connectivity index (χ1n) is 12.0. The molecule has 0 aromatic carbocycles. The van der Waals surface area contributed by atoms with E-state index in [2.05, 4.69) is 48.9 Å². The summed E-state index contributed by atoms with van der Waals surface area (Å²) in [6, 6.07) is 0. The fraction of sp³-hybridized carbons (Fsp3) is 0.414. The monoisotopic (exact) mass is 550 g/mol. The smallest absolute Gasteiger partial charge is 0.333 e. The van der Waals surface area contributed by atoms with Gasteiger partial charge in [0.2, 0.25) is 0 Å². The minimum absolute atomic E-state index is 0.0802. The summed E-state index contributed by atoms with van der Waals surface area (Å²) in [6.07, 6.45) is 8.18. The molecule has 0 N–H and O–H groups in total. The molecule has 0 spiro atoms. The Hall–Kier alpha value is -4.21. The van der Waals surface area contributed by atoms with Gasteiger partial charge in [0.15, 0.2) is 0 Å². The molecule has 0 bridgehead atoms. The second kappa shape index (κ2) is 25.4. The van der Waals surface area contributed by atoms with E-state index < -0.39 is 23.3 Å². The highest BCUT2D eigenvalue weighted by atomic mass is 16.6. The molecule has 0 heterocycles. The first-order valence-corrected chi connectivity index (χ1v) is 12.0. The summed E-state index contributed by atoms with van der Waals surface area (Å²) in [5.74, 6) is -2.54. The molecule has 0 amide bonds. The van der Waals surface area contributed by atoms with Crippen molar-refractivity contribution >= 4 is 29.8 Å². The van der Waals surface area contributed by atoms with Crippen molar-refractivity contribution in [3.63, 3.8) is 0 Å². The zero-order valence-corrected chi connectivity index (χ0v) is 23.4. The third-order valence-corrected chi connectivity index (χ3v) is 4.40. The van der Waals surface area contributed by atoms with Gasteiger partial charge in [-0.3, -0.25) is 0 Å². The molecule has 0 atom stereocenters. The van der Waals surface area contributed by atoms with Crippen LogP contribution in [0.4, 0.5) is 0 Å². The Bertz CT molecular complexity index is 794. The highest BCUT2D eigenvalue weighted by Crippen LogP contribution is 2.24. The van der Waals surface area contributed by atoms with Crippen LogP contribution in [-0.4, -0.2) is 62.9 Å². The lowest BCUT2D eigenvalue weighted by molar-refractivity contribution is -0.156. The van der Waals surface area contributed by atoms with Crippen LogP contribution in [0.5, 0.6) is 0 Å². The molecule has 39 heavy (non-hydrogen) atoms. The van der Waals surface area contributed by atoms with Crippen LogP contribution in [0.15, 0.2) is 75.4 Å². The Balaban J connectivity index is -0.000000592. The number of esters is 5. The normalized spacial score (nSPS) is 9.31. The molecule has 0 aliphatic heterocycles. The zero-order valence-electron chi connectivity index (χ0n) is 23.4. The maximum atomic E-state index is 11.2. The Morgan fingerprint density at radius 3 is 1.33 bits per heavy atom. The van der Waals surface area contributed by atoms with Gasteiger partial charge in [-0.05, 0) is 19.8 Å². The van der Waals surface area contributed by atoms with Crippen molar-refractivity contribution in [2.24, 2.45) is 5.41 Å². The van der Waals surface area contributed by atoms with Gasteiger partial charge in [0.1, 0.15) is 26.4 Å². The fourth-order valence-electron chi connectivity index (χ4n) is 1.91. The lowest BCUT2D eigenvalue weighted by Crippen LogP contribution is -2.38. The summed E-state index contributed by atoms with van der Waals surface area (Å²) >= 11 is 0. The summed E-state index contributed by atoms with van der Waals surface area (Å²) in [7, 11) is 0. The zero-order chi connectivity index (χ0) is 30.7. The van der Waals surface area contributed by atoms with Gasteiger partial charge >= 0.3 is 29.8 Å². The highest BCUT2D eigenvalue weighted by molar-refractivity contribution is 5.87. The highest BCUT2D eigenvalue weighted by Gasteiger charge is 2.33. The lowest BCUT2D eigenvalue weighted by atomic mass is 9.88.